The SMILES string of the molecule is Nc1cccc(Cn2cc([N+](=O)[O-])cnc2=O)c1C(=O)O. The van der Waals surface area contributed by atoms with Crippen LogP contribution in [0.4, 0.5) is 11.4 Å². The van der Waals surface area contributed by atoms with Crippen molar-refractivity contribution in [3.63, 3.8) is 0 Å². The van der Waals surface area contributed by atoms with Crippen LogP contribution in [0.1, 0.15) is 15.9 Å². The molecule has 0 spiro atoms. The summed E-state index contributed by atoms with van der Waals surface area (Å²) in [6.07, 6.45) is 1.85. The molecule has 9 heteroatoms. The van der Waals surface area contributed by atoms with Gasteiger partial charge in [-0.1, -0.05) is 12.1 Å². The summed E-state index contributed by atoms with van der Waals surface area (Å²) in [6.45, 7) is -0.180. The smallest absolute Gasteiger partial charge is 0.348 e. The van der Waals surface area contributed by atoms with Crippen LogP contribution in [0.5, 0.6) is 0 Å². The van der Waals surface area contributed by atoms with Gasteiger partial charge in [0.2, 0.25) is 0 Å². The maximum atomic E-state index is 11.6. The number of rotatable bonds is 4. The molecular formula is C12H10N4O5. The first-order valence-electron chi connectivity index (χ1n) is 5.71. The number of nitrogen functional groups attached to an aromatic ring is 1. The highest BCUT2D eigenvalue weighted by Crippen LogP contribution is 2.18. The predicted molar refractivity (Wildman–Crippen MR) is 72.1 cm³/mol. The molecule has 0 saturated carbocycles. The van der Waals surface area contributed by atoms with Gasteiger partial charge >= 0.3 is 17.3 Å². The van der Waals surface area contributed by atoms with Crippen molar-refractivity contribution in [3.05, 3.63) is 62.3 Å². The Morgan fingerprint density at radius 1 is 1.48 bits per heavy atom. The zero-order valence-corrected chi connectivity index (χ0v) is 10.6. The van der Waals surface area contributed by atoms with Crippen LogP contribution in [0.25, 0.3) is 0 Å². The van der Waals surface area contributed by atoms with Gasteiger partial charge in [0, 0.05) is 5.69 Å². The van der Waals surface area contributed by atoms with E-state index in [2.05, 4.69) is 4.98 Å². The molecule has 21 heavy (non-hydrogen) atoms. The van der Waals surface area contributed by atoms with Crippen molar-refractivity contribution >= 4 is 17.3 Å². The Bertz CT molecular complexity index is 783. The van der Waals surface area contributed by atoms with Crippen molar-refractivity contribution in [3.8, 4) is 0 Å². The zero-order chi connectivity index (χ0) is 15.6. The highest BCUT2D eigenvalue weighted by atomic mass is 16.6. The molecule has 0 unspecified atom stereocenters. The molecule has 0 fully saturated rings. The lowest BCUT2D eigenvalue weighted by Crippen LogP contribution is -2.24. The maximum Gasteiger partial charge on any atom is 0.348 e. The van der Waals surface area contributed by atoms with E-state index in [1.54, 1.807) is 0 Å². The average molecular weight is 290 g/mol. The minimum absolute atomic E-state index is 0.0476. The first kappa shape index (κ1) is 14.2. The third kappa shape index (κ3) is 2.86. The Labute approximate surface area is 117 Å². The highest BCUT2D eigenvalue weighted by Gasteiger charge is 2.16. The summed E-state index contributed by atoms with van der Waals surface area (Å²) >= 11 is 0. The predicted octanol–water partition coefficient (Wildman–Crippen LogP) is 0.480. The number of nitrogens with zero attached hydrogens (tertiary/aromatic N) is 3. The van der Waals surface area contributed by atoms with E-state index >= 15 is 0 Å². The molecule has 108 valence electrons. The number of carboxylic acids is 1. The quantitative estimate of drug-likeness (QED) is 0.473. The third-order valence-electron chi connectivity index (χ3n) is 2.79. The van der Waals surface area contributed by atoms with Gasteiger partial charge in [0.1, 0.15) is 6.20 Å². The Balaban J connectivity index is 2.51. The Morgan fingerprint density at radius 3 is 2.81 bits per heavy atom. The molecule has 0 aliphatic carbocycles. The van der Waals surface area contributed by atoms with Crippen molar-refractivity contribution < 1.29 is 14.8 Å². The molecule has 1 heterocycles. The minimum Gasteiger partial charge on any atom is -0.478 e. The number of hydrogen-bond acceptors (Lipinski definition) is 6. The summed E-state index contributed by atoms with van der Waals surface area (Å²) in [6, 6.07) is 4.43. The van der Waals surface area contributed by atoms with Crippen molar-refractivity contribution in [2.45, 2.75) is 6.54 Å². The second-order valence-corrected chi connectivity index (χ2v) is 4.17. The van der Waals surface area contributed by atoms with Crippen LogP contribution >= 0.6 is 0 Å². The molecule has 2 aromatic rings. The average Bonchev–Trinajstić information content (AvgIpc) is 2.40. The van der Waals surface area contributed by atoms with Gasteiger partial charge in [-0.3, -0.25) is 14.7 Å². The van der Waals surface area contributed by atoms with Gasteiger partial charge in [0.15, 0.2) is 0 Å². The molecule has 0 amide bonds. The normalized spacial score (nSPS) is 10.3. The Morgan fingerprint density at radius 2 is 2.19 bits per heavy atom. The molecule has 0 bridgehead atoms. The third-order valence-corrected chi connectivity index (χ3v) is 2.79. The van der Waals surface area contributed by atoms with E-state index in [1.165, 1.54) is 18.2 Å². The number of nitrogens with two attached hydrogens (primary N) is 1. The van der Waals surface area contributed by atoms with Crippen molar-refractivity contribution in [2.24, 2.45) is 0 Å². The molecular weight excluding hydrogens is 280 g/mol. The summed E-state index contributed by atoms with van der Waals surface area (Å²) in [7, 11) is 0. The fourth-order valence-electron chi connectivity index (χ4n) is 1.85. The second-order valence-electron chi connectivity index (χ2n) is 4.17. The van der Waals surface area contributed by atoms with E-state index in [1.807, 2.05) is 0 Å². The number of hydrogen-bond donors (Lipinski definition) is 2. The van der Waals surface area contributed by atoms with E-state index < -0.39 is 16.6 Å². The molecule has 3 N–H and O–H groups in total. The molecule has 1 aromatic heterocycles. The van der Waals surface area contributed by atoms with Crippen LogP contribution in [-0.2, 0) is 6.54 Å². The standard InChI is InChI=1S/C12H10N4O5/c13-9-3-1-2-7(10(9)11(17)18)5-15-6-8(16(20)21)4-14-12(15)19/h1-4,6H,5,13H2,(H,17,18). The maximum absolute atomic E-state index is 11.6. The largest absolute Gasteiger partial charge is 0.478 e. The molecule has 0 radical (unpaired) electrons. The number of carboxylic acid groups (broad SMARTS) is 1. The zero-order valence-electron chi connectivity index (χ0n) is 10.6. The summed E-state index contributed by atoms with van der Waals surface area (Å²) < 4.78 is 0.958. The van der Waals surface area contributed by atoms with Crippen molar-refractivity contribution in [1.29, 1.82) is 0 Å². The second kappa shape index (κ2) is 5.41. The summed E-state index contributed by atoms with van der Waals surface area (Å²) in [5, 5.41) is 19.8. The Kier molecular flexibility index (Phi) is 3.65. The first-order valence-corrected chi connectivity index (χ1v) is 5.71. The number of nitro groups is 1. The lowest BCUT2D eigenvalue weighted by atomic mass is 10.1. The van der Waals surface area contributed by atoms with E-state index in [4.69, 9.17) is 10.8 Å². The first-order chi connectivity index (χ1) is 9.90. The van der Waals surface area contributed by atoms with Crippen LogP contribution in [0.15, 0.2) is 35.4 Å². The number of anilines is 1. The molecule has 2 rings (SSSR count). The molecule has 0 atom stereocenters. The number of aromatic carboxylic acids is 1. The van der Waals surface area contributed by atoms with Gasteiger partial charge in [-0.25, -0.2) is 9.59 Å². The van der Waals surface area contributed by atoms with Crippen LogP contribution in [0, 0.1) is 10.1 Å². The summed E-state index contributed by atoms with van der Waals surface area (Å²) in [5.74, 6) is -1.24. The molecule has 1 aromatic carbocycles. The Hall–Kier alpha value is -3.23. The number of aromatic nitrogens is 2. The van der Waals surface area contributed by atoms with Gasteiger partial charge in [-0.15, -0.1) is 0 Å². The number of carbonyl (C=O) groups is 1. The van der Waals surface area contributed by atoms with Crippen LogP contribution < -0.4 is 11.4 Å². The van der Waals surface area contributed by atoms with Crippen LogP contribution in [0.2, 0.25) is 0 Å². The fourth-order valence-corrected chi connectivity index (χ4v) is 1.85. The lowest BCUT2D eigenvalue weighted by Gasteiger charge is -2.09. The van der Waals surface area contributed by atoms with E-state index in [-0.39, 0.29) is 29.0 Å². The van der Waals surface area contributed by atoms with Crippen LogP contribution in [-0.4, -0.2) is 25.6 Å². The minimum atomic E-state index is -1.24. The van der Waals surface area contributed by atoms with E-state index in [0.717, 1.165) is 17.0 Å². The molecule has 0 aliphatic heterocycles. The molecule has 9 nitrogen and oxygen atoms in total. The van der Waals surface area contributed by atoms with Gasteiger partial charge in [-0.2, -0.15) is 4.98 Å². The van der Waals surface area contributed by atoms with Gasteiger partial charge in [-0.05, 0) is 11.6 Å². The summed E-state index contributed by atoms with van der Waals surface area (Å²) in [4.78, 5) is 36.2. The fraction of sp³-hybridized carbons (Fsp3) is 0.0833. The van der Waals surface area contributed by atoms with Crippen molar-refractivity contribution in [2.75, 3.05) is 5.73 Å². The highest BCUT2D eigenvalue weighted by molar-refractivity contribution is 5.95. The lowest BCUT2D eigenvalue weighted by molar-refractivity contribution is -0.385. The van der Waals surface area contributed by atoms with E-state index in [9.17, 15) is 19.7 Å². The van der Waals surface area contributed by atoms with Crippen molar-refractivity contribution in [1.82, 2.24) is 9.55 Å². The van der Waals surface area contributed by atoms with E-state index in [0.29, 0.717) is 0 Å². The summed E-state index contributed by atoms with van der Waals surface area (Å²) in [5.41, 5.74) is 4.67. The molecule has 0 saturated heterocycles. The topological polar surface area (TPSA) is 141 Å². The molecule has 0 aliphatic rings. The van der Waals surface area contributed by atoms with Crippen LogP contribution in [0.3, 0.4) is 0 Å². The van der Waals surface area contributed by atoms with Gasteiger partial charge in [0.05, 0.1) is 23.2 Å². The monoisotopic (exact) mass is 290 g/mol. The van der Waals surface area contributed by atoms with Gasteiger partial charge < -0.3 is 10.8 Å². The van der Waals surface area contributed by atoms with Gasteiger partial charge in [0.25, 0.3) is 0 Å². The number of benzene rings is 1.